The van der Waals surface area contributed by atoms with E-state index in [1.165, 1.54) is 7.11 Å². The molecule has 3 aromatic heterocycles. The van der Waals surface area contributed by atoms with Crippen LogP contribution in [0.3, 0.4) is 0 Å². The van der Waals surface area contributed by atoms with Crippen molar-refractivity contribution in [2.24, 2.45) is 0 Å². The molecule has 9 nitrogen and oxygen atoms in total. The second-order valence-corrected chi connectivity index (χ2v) is 8.77. The minimum absolute atomic E-state index is 0.000367. The predicted molar refractivity (Wildman–Crippen MR) is 127 cm³/mol. The summed E-state index contributed by atoms with van der Waals surface area (Å²) in [5.41, 5.74) is 3.86. The van der Waals surface area contributed by atoms with E-state index in [4.69, 9.17) is 14.5 Å². The molecule has 0 unspecified atom stereocenters. The maximum atomic E-state index is 16.3. The average molecular weight is 467 g/mol. The van der Waals surface area contributed by atoms with Crippen LogP contribution in [0.2, 0.25) is 0 Å². The quantitative estimate of drug-likeness (QED) is 0.355. The fourth-order valence-electron chi connectivity index (χ4n) is 4.38. The molecule has 34 heavy (non-hydrogen) atoms. The Labute approximate surface area is 195 Å². The predicted octanol–water partition coefficient (Wildman–Crippen LogP) is 4.09. The molecule has 1 fully saturated rings. The van der Waals surface area contributed by atoms with Crippen LogP contribution in [0.5, 0.6) is 11.9 Å². The topological polar surface area (TPSA) is 118 Å². The number of aliphatic hydroxyl groups is 1. The van der Waals surface area contributed by atoms with Gasteiger partial charge in [0.15, 0.2) is 5.82 Å². The number of nitrogens with zero attached hydrogens (tertiary/aromatic N) is 4. The first kappa shape index (κ1) is 22.3. The number of anilines is 1. The number of hydrogen-bond acceptors (Lipinski definition) is 8. The first-order valence-electron chi connectivity index (χ1n) is 11.4. The van der Waals surface area contributed by atoms with E-state index in [0.717, 1.165) is 34.9 Å². The third-order valence-electron chi connectivity index (χ3n) is 5.88. The lowest BCUT2D eigenvalue weighted by Crippen LogP contribution is -2.13. The summed E-state index contributed by atoms with van der Waals surface area (Å²) in [6, 6.07) is 2.05. The van der Waals surface area contributed by atoms with Crippen molar-refractivity contribution in [2.45, 2.75) is 45.6 Å². The van der Waals surface area contributed by atoms with E-state index in [0.29, 0.717) is 16.9 Å². The number of halogens is 1. The Morgan fingerprint density at radius 1 is 1.26 bits per heavy atom. The number of aromatic nitrogens is 5. The first-order valence-corrected chi connectivity index (χ1v) is 11.4. The molecule has 3 N–H and O–H groups in total. The van der Waals surface area contributed by atoms with Crippen molar-refractivity contribution in [1.29, 1.82) is 0 Å². The highest BCUT2D eigenvalue weighted by Crippen LogP contribution is 2.49. The first-order chi connectivity index (χ1) is 16.4. The van der Waals surface area contributed by atoms with Gasteiger partial charge in [0.25, 0.3) is 0 Å². The summed E-state index contributed by atoms with van der Waals surface area (Å²) < 4.78 is 27.6. The number of aryl methyl sites for hydroxylation is 1. The molecule has 0 amide bonds. The van der Waals surface area contributed by atoms with E-state index in [2.05, 4.69) is 25.5 Å². The average Bonchev–Trinajstić information content (AvgIpc) is 3.54. The number of methoxy groups -OCH3 is 1. The lowest BCUT2D eigenvalue weighted by Gasteiger charge is -2.19. The zero-order valence-corrected chi connectivity index (χ0v) is 19.6. The summed E-state index contributed by atoms with van der Waals surface area (Å²) in [6.45, 7) is 5.86. The number of aliphatic hydroxyl groups excluding tert-OH is 1. The van der Waals surface area contributed by atoms with E-state index in [1.54, 1.807) is 6.20 Å². The maximum Gasteiger partial charge on any atom is 0.318 e. The molecule has 1 aromatic carbocycles. The summed E-state index contributed by atoms with van der Waals surface area (Å²) in [5.74, 6) is 0.255. The Bertz CT molecular complexity index is 1380. The number of benzene rings is 1. The van der Waals surface area contributed by atoms with Gasteiger partial charge in [-0.2, -0.15) is 15.1 Å². The second-order valence-electron chi connectivity index (χ2n) is 8.77. The normalized spacial score (nSPS) is 13.7. The van der Waals surface area contributed by atoms with Gasteiger partial charge in [-0.15, -0.1) is 0 Å². The zero-order valence-electron chi connectivity index (χ0n) is 19.6. The van der Waals surface area contributed by atoms with Gasteiger partial charge < -0.3 is 19.9 Å². The van der Waals surface area contributed by atoms with Crippen LogP contribution < -0.4 is 14.8 Å². The van der Waals surface area contributed by atoms with Crippen molar-refractivity contribution in [3.8, 4) is 23.1 Å². The minimum atomic E-state index is -0.589. The van der Waals surface area contributed by atoms with E-state index in [9.17, 15) is 5.11 Å². The smallest absolute Gasteiger partial charge is 0.318 e. The number of rotatable bonds is 8. The molecule has 0 radical (unpaired) electrons. The molecule has 0 bridgehead atoms. The van der Waals surface area contributed by atoms with E-state index >= 15 is 4.39 Å². The Kier molecular flexibility index (Phi) is 5.68. The van der Waals surface area contributed by atoms with Crippen LogP contribution in [0.4, 0.5) is 10.2 Å². The molecule has 0 saturated heterocycles. The van der Waals surface area contributed by atoms with Gasteiger partial charge in [-0.25, -0.2) is 9.37 Å². The zero-order chi connectivity index (χ0) is 24.0. The van der Waals surface area contributed by atoms with Crippen LogP contribution in [-0.2, 0) is 0 Å². The Morgan fingerprint density at radius 3 is 2.74 bits per heavy atom. The third-order valence-corrected chi connectivity index (χ3v) is 5.88. The number of fused-ring (bicyclic) bond motifs is 2. The third kappa shape index (κ3) is 3.77. The lowest BCUT2D eigenvalue weighted by atomic mass is 9.92. The van der Waals surface area contributed by atoms with Gasteiger partial charge >= 0.3 is 6.01 Å². The van der Waals surface area contributed by atoms with Crippen LogP contribution in [0.25, 0.3) is 33.1 Å². The molecule has 1 aliphatic rings. The summed E-state index contributed by atoms with van der Waals surface area (Å²) in [4.78, 5) is 13.4. The fraction of sp³-hybridized carbons (Fsp3) is 0.417. The Balaban J connectivity index is 1.88. The van der Waals surface area contributed by atoms with Gasteiger partial charge in [0.1, 0.15) is 22.4 Å². The van der Waals surface area contributed by atoms with Gasteiger partial charge in [-0.3, -0.25) is 5.10 Å². The number of ether oxygens (including phenoxy) is 2. The van der Waals surface area contributed by atoms with Crippen LogP contribution >= 0.6 is 0 Å². The van der Waals surface area contributed by atoms with E-state index in [-0.39, 0.29) is 48.2 Å². The van der Waals surface area contributed by atoms with Crippen LogP contribution in [0.15, 0.2) is 12.3 Å². The molecule has 0 atom stereocenters. The number of H-pyrrole nitrogens is 1. The van der Waals surface area contributed by atoms with Gasteiger partial charge in [0.2, 0.25) is 5.88 Å². The molecule has 4 aromatic rings. The van der Waals surface area contributed by atoms with Crippen molar-refractivity contribution in [3.63, 3.8) is 0 Å². The molecular weight excluding hydrogens is 439 g/mol. The monoisotopic (exact) mass is 466 g/mol. The van der Waals surface area contributed by atoms with Gasteiger partial charge in [-0.1, -0.05) is 0 Å². The van der Waals surface area contributed by atoms with Gasteiger partial charge in [0, 0.05) is 17.5 Å². The van der Waals surface area contributed by atoms with Crippen LogP contribution in [0, 0.1) is 12.7 Å². The SMILES string of the molecule is COc1nc(NCCO)c2c(OC(C)C)nc(-c3c(C4CC4)c(C)cc4[nH]ncc34)c(F)c2n1. The Hall–Kier alpha value is -3.53. The molecule has 0 spiro atoms. The van der Waals surface area contributed by atoms with E-state index < -0.39 is 5.82 Å². The van der Waals surface area contributed by atoms with Gasteiger partial charge in [0.05, 0.1) is 31.5 Å². The summed E-state index contributed by atoms with van der Waals surface area (Å²) in [6.07, 6.45) is 3.58. The Morgan fingerprint density at radius 2 is 2.06 bits per heavy atom. The number of nitrogens with one attached hydrogen (secondary N) is 2. The van der Waals surface area contributed by atoms with Crippen molar-refractivity contribution in [1.82, 2.24) is 25.1 Å². The highest BCUT2D eigenvalue weighted by atomic mass is 19.1. The van der Waals surface area contributed by atoms with E-state index in [1.807, 2.05) is 26.8 Å². The largest absolute Gasteiger partial charge is 0.474 e. The number of hydrogen-bond donors (Lipinski definition) is 3. The molecule has 3 heterocycles. The molecule has 10 heteroatoms. The van der Waals surface area contributed by atoms with Gasteiger partial charge in [-0.05, 0) is 56.7 Å². The summed E-state index contributed by atoms with van der Waals surface area (Å²) >= 11 is 0. The van der Waals surface area contributed by atoms with Crippen molar-refractivity contribution in [3.05, 3.63) is 29.2 Å². The molecule has 5 rings (SSSR count). The van der Waals surface area contributed by atoms with Crippen molar-refractivity contribution < 1.29 is 19.0 Å². The van der Waals surface area contributed by atoms with Crippen LogP contribution in [0.1, 0.15) is 43.7 Å². The highest BCUT2D eigenvalue weighted by Gasteiger charge is 2.33. The highest BCUT2D eigenvalue weighted by molar-refractivity contribution is 6.01. The lowest BCUT2D eigenvalue weighted by molar-refractivity contribution is 0.236. The van der Waals surface area contributed by atoms with Crippen LogP contribution in [-0.4, -0.2) is 56.6 Å². The molecule has 1 aliphatic carbocycles. The molecule has 0 aliphatic heterocycles. The number of aromatic amines is 1. The molecule has 1 saturated carbocycles. The van der Waals surface area contributed by atoms with Crippen molar-refractivity contribution >= 4 is 27.6 Å². The molecule has 178 valence electrons. The van der Waals surface area contributed by atoms with Crippen molar-refractivity contribution in [2.75, 3.05) is 25.6 Å². The molecular formula is C24H27FN6O3. The number of pyridine rings is 1. The maximum absolute atomic E-state index is 16.3. The second kappa shape index (κ2) is 8.68. The summed E-state index contributed by atoms with van der Waals surface area (Å²) in [7, 11) is 1.42. The fourth-order valence-corrected chi connectivity index (χ4v) is 4.38. The minimum Gasteiger partial charge on any atom is -0.474 e. The summed E-state index contributed by atoms with van der Waals surface area (Å²) in [5, 5.41) is 20.6. The standard InChI is InChI=1S/C24H27FN6O3/c1-11(2)34-23-18-21(29-24(33-4)30-22(18)26-7-8-32)19(25)20(28-23)17-14-10-27-31-15(14)9-12(3)16(17)13-5-6-13/h9-11,13,32H,5-8H2,1-4H3,(H,27,31)(H,26,29,30).